The lowest BCUT2D eigenvalue weighted by atomic mass is 9.99. The molecule has 1 fully saturated rings. The molecule has 0 aromatic heterocycles. The predicted molar refractivity (Wildman–Crippen MR) is 48.3 cm³/mol. The number of nitriles is 1. The van der Waals surface area contributed by atoms with E-state index in [2.05, 4.69) is 6.07 Å². The second-order valence-electron chi connectivity index (χ2n) is 3.30. The fraction of sp³-hybridized carbons (Fsp3) is 0.875. The van der Waals surface area contributed by atoms with E-state index in [0.29, 0.717) is 13.1 Å². The summed E-state index contributed by atoms with van der Waals surface area (Å²) in [6.45, 7) is 3.11. The fourth-order valence-electron chi connectivity index (χ4n) is 1.51. The van der Waals surface area contributed by atoms with Gasteiger partial charge in [-0.3, -0.25) is 9.11 Å². The highest BCUT2D eigenvalue weighted by Crippen LogP contribution is 2.18. The topological polar surface area (TPSA) is 67.2 Å². The summed E-state index contributed by atoms with van der Waals surface area (Å²) in [4.78, 5) is 1.90. The first-order chi connectivity index (χ1) is 6.15. The van der Waals surface area contributed by atoms with Crippen LogP contribution in [0.5, 0.6) is 0 Å². The molecule has 0 aromatic rings. The molecule has 4 nitrogen and oxygen atoms in total. The van der Waals surface area contributed by atoms with E-state index in [1.54, 1.807) is 6.92 Å². The Labute approximate surface area is 80.8 Å². The number of rotatable bonds is 2. The molecule has 5 heteroatoms. The smallest absolute Gasteiger partial charge is 0.0697 e. The Morgan fingerprint density at radius 3 is 2.54 bits per heavy atom. The zero-order chi connectivity index (χ0) is 9.84. The quantitative estimate of drug-likeness (QED) is 0.608. The van der Waals surface area contributed by atoms with Gasteiger partial charge >= 0.3 is 0 Å². The molecule has 1 aliphatic heterocycles. The largest absolute Gasteiger partial charge is 0.771 e. The Kier molecular flexibility index (Phi) is 3.85. The van der Waals surface area contributed by atoms with Gasteiger partial charge in [-0.05, 0) is 30.8 Å². The lowest BCUT2D eigenvalue weighted by molar-refractivity contribution is 0.192. The van der Waals surface area contributed by atoms with Gasteiger partial charge in [0.05, 0.1) is 11.4 Å². The maximum absolute atomic E-state index is 10.6. The molecule has 0 saturated carbocycles. The van der Waals surface area contributed by atoms with E-state index in [4.69, 9.17) is 5.26 Å². The second kappa shape index (κ2) is 4.70. The van der Waals surface area contributed by atoms with Crippen LogP contribution in [0.15, 0.2) is 0 Å². The lowest BCUT2D eigenvalue weighted by Crippen LogP contribution is -2.41. The molecule has 0 bridgehead atoms. The van der Waals surface area contributed by atoms with Crippen LogP contribution >= 0.6 is 0 Å². The SMILES string of the molecule is CC(N1CCC(C#N)CC1)S(=O)[O-]. The molecule has 0 amide bonds. The Morgan fingerprint density at radius 1 is 1.62 bits per heavy atom. The molecule has 0 N–H and O–H groups in total. The zero-order valence-electron chi connectivity index (χ0n) is 7.60. The van der Waals surface area contributed by atoms with Gasteiger partial charge in [-0.25, -0.2) is 0 Å². The Hall–Kier alpha value is -0.440. The van der Waals surface area contributed by atoms with E-state index in [1.165, 1.54) is 0 Å². The highest BCUT2D eigenvalue weighted by atomic mass is 32.2. The first kappa shape index (κ1) is 10.6. The minimum Gasteiger partial charge on any atom is -0.771 e. The minimum absolute atomic E-state index is 0.114. The minimum atomic E-state index is -2.03. The van der Waals surface area contributed by atoms with E-state index >= 15 is 0 Å². The molecule has 1 aliphatic rings. The summed E-state index contributed by atoms with van der Waals surface area (Å²) >= 11 is -2.03. The maximum Gasteiger partial charge on any atom is 0.0697 e. The van der Waals surface area contributed by atoms with Crippen molar-refractivity contribution in [2.24, 2.45) is 5.92 Å². The second-order valence-corrected chi connectivity index (χ2v) is 4.50. The van der Waals surface area contributed by atoms with Crippen LogP contribution in [0.2, 0.25) is 0 Å². The van der Waals surface area contributed by atoms with Crippen molar-refractivity contribution in [2.45, 2.75) is 25.1 Å². The molecular formula is C8H13N2O2S-. The third kappa shape index (κ3) is 2.76. The molecule has 74 valence electrons. The predicted octanol–water partition coefficient (Wildman–Crippen LogP) is 0.447. The molecule has 2 unspecified atom stereocenters. The molecular weight excluding hydrogens is 188 g/mol. The standard InChI is InChI=1S/C8H14N2O2S/c1-7(13(11)12)10-4-2-8(6-9)3-5-10/h7-8H,2-5H2,1H3,(H,11,12)/p-1. The molecule has 0 spiro atoms. The number of hydrogen-bond acceptors (Lipinski definition) is 4. The van der Waals surface area contributed by atoms with E-state index in [1.807, 2.05) is 4.90 Å². The summed E-state index contributed by atoms with van der Waals surface area (Å²) in [5.41, 5.74) is 0. The van der Waals surface area contributed by atoms with Crippen LogP contribution in [-0.4, -0.2) is 32.1 Å². The zero-order valence-corrected chi connectivity index (χ0v) is 8.42. The van der Waals surface area contributed by atoms with E-state index in [0.717, 1.165) is 12.8 Å². The molecule has 0 aliphatic carbocycles. The average molecular weight is 201 g/mol. The number of likely N-dealkylation sites (tertiary alicyclic amines) is 1. The van der Waals surface area contributed by atoms with Gasteiger partial charge < -0.3 is 4.55 Å². The van der Waals surface area contributed by atoms with E-state index < -0.39 is 16.5 Å². The third-order valence-corrected chi connectivity index (χ3v) is 3.36. The highest BCUT2D eigenvalue weighted by molar-refractivity contribution is 7.79. The monoisotopic (exact) mass is 201 g/mol. The molecule has 1 rings (SSSR count). The fourth-order valence-corrected chi connectivity index (χ4v) is 1.97. The van der Waals surface area contributed by atoms with Gasteiger partial charge in [0, 0.05) is 19.0 Å². The van der Waals surface area contributed by atoms with Crippen molar-refractivity contribution in [2.75, 3.05) is 13.1 Å². The number of piperidine rings is 1. The van der Waals surface area contributed by atoms with Crippen LogP contribution in [-0.2, 0) is 11.1 Å². The summed E-state index contributed by atoms with van der Waals surface area (Å²) in [6, 6.07) is 2.21. The first-order valence-corrected chi connectivity index (χ1v) is 5.50. The molecule has 0 radical (unpaired) electrons. The summed E-state index contributed by atoms with van der Waals surface area (Å²) < 4.78 is 21.3. The van der Waals surface area contributed by atoms with Crippen molar-refractivity contribution < 1.29 is 8.76 Å². The molecule has 1 heterocycles. The van der Waals surface area contributed by atoms with Crippen molar-refractivity contribution in [3.05, 3.63) is 0 Å². The van der Waals surface area contributed by atoms with Crippen LogP contribution in [0.1, 0.15) is 19.8 Å². The van der Waals surface area contributed by atoms with Crippen molar-refractivity contribution in [3.63, 3.8) is 0 Å². The van der Waals surface area contributed by atoms with Gasteiger partial charge in [-0.15, -0.1) is 0 Å². The highest BCUT2D eigenvalue weighted by Gasteiger charge is 2.22. The van der Waals surface area contributed by atoms with Gasteiger partial charge in [-0.2, -0.15) is 5.26 Å². The first-order valence-electron chi connectivity index (χ1n) is 4.37. The summed E-state index contributed by atoms with van der Waals surface area (Å²) in [7, 11) is 0. The Morgan fingerprint density at radius 2 is 2.15 bits per heavy atom. The molecule has 1 saturated heterocycles. The van der Waals surface area contributed by atoms with Crippen LogP contribution in [0.4, 0.5) is 0 Å². The van der Waals surface area contributed by atoms with Crippen molar-refractivity contribution in [1.82, 2.24) is 4.90 Å². The van der Waals surface area contributed by atoms with Gasteiger partial charge in [0.1, 0.15) is 0 Å². The number of hydrogen-bond donors (Lipinski definition) is 0. The Balaban J connectivity index is 2.41. The average Bonchev–Trinajstić information content (AvgIpc) is 2.17. The van der Waals surface area contributed by atoms with Crippen LogP contribution < -0.4 is 0 Å². The normalized spacial score (nSPS) is 25.0. The third-order valence-electron chi connectivity index (χ3n) is 2.50. The van der Waals surface area contributed by atoms with Gasteiger partial charge in [0.15, 0.2) is 0 Å². The van der Waals surface area contributed by atoms with Crippen LogP contribution in [0, 0.1) is 17.2 Å². The molecule has 0 aromatic carbocycles. The van der Waals surface area contributed by atoms with Crippen LogP contribution in [0.3, 0.4) is 0 Å². The number of nitrogens with zero attached hydrogens (tertiary/aromatic N) is 2. The van der Waals surface area contributed by atoms with E-state index in [9.17, 15) is 8.76 Å². The van der Waals surface area contributed by atoms with Gasteiger partial charge in [0.2, 0.25) is 0 Å². The van der Waals surface area contributed by atoms with Gasteiger partial charge in [0.25, 0.3) is 0 Å². The Bertz CT molecular complexity index is 231. The van der Waals surface area contributed by atoms with Crippen molar-refractivity contribution >= 4 is 11.1 Å². The van der Waals surface area contributed by atoms with Crippen molar-refractivity contribution in [3.8, 4) is 6.07 Å². The van der Waals surface area contributed by atoms with Crippen LogP contribution in [0.25, 0.3) is 0 Å². The summed E-state index contributed by atoms with van der Waals surface area (Å²) in [6.07, 6.45) is 1.58. The lowest BCUT2D eigenvalue weighted by Gasteiger charge is -2.34. The summed E-state index contributed by atoms with van der Waals surface area (Å²) in [5.74, 6) is 0.114. The molecule has 13 heavy (non-hydrogen) atoms. The van der Waals surface area contributed by atoms with Crippen molar-refractivity contribution in [1.29, 1.82) is 5.26 Å². The maximum atomic E-state index is 10.6. The van der Waals surface area contributed by atoms with Gasteiger partial charge in [-0.1, -0.05) is 0 Å². The molecule has 2 atom stereocenters. The summed E-state index contributed by atoms with van der Waals surface area (Å²) in [5, 5.41) is 8.22. The van der Waals surface area contributed by atoms with E-state index in [-0.39, 0.29) is 5.92 Å².